The molecule has 1 aromatic carbocycles. The maximum absolute atomic E-state index is 13.0. The van der Waals surface area contributed by atoms with Crippen LogP contribution in [0, 0.1) is 5.82 Å². The van der Waals surface area contributed by atoms with Gasteiger partial charge in [0, 0.05) is 19.2 Å². The van der Waals surface area contributed by atoms with Gasteiger partial charge < -0.3 is 9.32 Å². The summed E-state index contributed by atoms with van der Waals surface area (Å²) in [7, 11) is 0. The maximum Gasteiger partial charge on any atom is 0.298 e. The van der Waals surface area contributed by atoms with E-state index in [1.807, 2.05) is 0 Å². The molecule has 2 heterocycles. The second kappa shape index (κ2) is 3.77. The normalized spacial score (nSPS) is 16.9. The first kappa shape index (κ1) is 9.63. The van der Waals surface area contributed by atoms with Gasteiger partial charge in [-0.15, -0.1) is 0 Å². The Labute approximate surface area is 92.9 Å². The summed E-state index contributed by atoms with van der Waals surface area (Å²) in [4.78, 5) is 6.44. The Bertz CT molecular complexity index is 503. The minimum absolute atomic E-state index is 0.272. The number of oxazole rings is 1. The third kappa shape index (κ3) is 1.64. The number of anilines is 1. The van der Waals surface area contributed by atoms with Crippen LogP contribution in [0.25, 0.3) is 11.1 Å². The van der Waals surface area contributed by atoms with Crippen LogP contribution in [0.2, 0.25) is 0 Å². The van der Waals surface area contributed by atoms with Crippen LogP contribution in [0.5, 0.6) is 0 Å². The molecule has 0 aliphatic carbocycles. The molecule has 3 rings (SSSR count). The molecule has 1 aromatic heterocycles. The van der Waals surface area contributed by atoms with Gasteiger partial charge in [-0.2, -0.15) is 4.98 Å². The van der Waals surface area contributed by atoms with E-state index in [-0.39, 0.29) is 5.82 Å². The number of hydrogen-bond acceptors (Lipinski definition) is 3. The largest absolute Gasteiger partial charge is 0.423 e. The molecule has 1 saturated heterocycles. The molecule has 0 amide bonds. The summed E-state index contributed by atoms with van der Waals surface area (Å²) in [5.41, 5.74) is 1.25. The highest BCUT2D eigenvalue weighted by Gasteiger charge is 2.16. The van der Waals surface area contributed by atoms with Crippen molar-refractivity contribution in [2.45, 2.75) is 19.3 Å². The van der Waals surface area contributed by atoms with E-state index >= 15 is 0 Å². The van der Waals surface area contributed by atoms with Crippen LogP contribution in [0.3, 0.4) is 0 Å². The summed E-state index contributed by atoms with van der Waals surface area (Å²) in [6, 6.07) is 5.06. The van der Waals surface area contributed by atoms with Gasteiger partial charge in [0.25, 0.3) is 6.01 Å². The number of aromatic nitrogens is 1. The molecule has 0 bridgehead atoms. The van der Waals surface area contributed by atoms with Crippen molar-refractivity contribution in [3.05, 3.63) is 24.0 Å². The fourth-order valence-electron chi connectivity index (χ4n) is 2.11. The topological polar surface area (TPSA) is 29.3 Å². The van der Waals surface area contributed by atoms with Gasteiger partial charge in [0.1, 0.15) is 11.3 Å². The highest BCUT2D eigenvalue weighted by Crippen LogP contribution is 2.24. The minimum Gasteiger partial charge on any atom is -0.423 e. The van der Waals surface area contributed by atoms with Gasteiger partial charge in [0.15, 0.2) is 5.58 Å². The summed E-state index contributed by atoms with van der Waals surface area (Å²) in [5, 5.41) is 0. The highest BCUT2D eigenvalue weighted by atomic mass is 19.1. The summed E-state index contributed by atoms with van der Waals surface area (Å²) >= 11 is 0. The first-order valence-electron chi connectivity index (χ1n) is 5.64. The molecule has 1 aliphatic rings. The van der Waals surface area contributed by atoms with Crippen LogP contribution >= 0.6 is 0 Å². The van der Waals surface area contributed by atoms with Crippen molar-refractivity contribution in [2.24, 2.45) is 0 Å². The lowest BCUT2D eigenvalue weighted by molar-refractivity contribution is 0.509. The molecule has 1 aliphatic heterocycles. The van der Waals surface area contributed by atoms with Crippen molar-refractivity contribution in [1.29, 1.82) is 0 Å². The summed E-state index contributed by atoms with van der Waals surface area (Å²) in [5.74, 6) is -0.272. The van der Waals surface area contributed by atoms with Crippen molar-refractivity contribution in [3.63, 3.8) is 0 Å². The molecule has 4 heteroatoms. The van der Waals surface area contributed by atoms with Crippen LogP contribution in [0.15, 0.2) is 22.6 Å². The van der Waals surface area contributed by atoms with E-state index in [1.165, 1.54) is 31.4 Å². The van der Waals surface area contributed by atoms with Gasteiger partial charge in [-0.3, -0.25) is 0 Å². The molecular formula is C12H13FN2O. The van der Waals surface area contributed by atoms with E-state index in [9.17, 15) is 4.39 Å². The third-order valence-corrected chi connectivity index (χ3v) is 2.96. The average Bonchev–Trinajstić information content (AvgIpc) is 2.73. The zero-order valence-electron chi connectivity index (χ0n) is 8.95. The number of piperidine rings is 1. The number of rotatable bonds is 1. The zero-order chi connectivity index (χ0) is 11.0. The van der Waals surface area contributed by atoms with Crippen LogP contribution in [0.1, 0.15) is 19.3 Å². The van der Waals surface area contributed by atoms with Gasteiger partial charge in [-0.25, -0.2) is 4.39 Å². The number of halogens is 1. The molecular weight excluding hydrogens is 207 g/mol. The van der Waals surface area contributed by atoms with E-state index in [2.05, 4.69) is 9.88 Å². The summed E-state index contributed by atoms with van der Waals surface area (Å²) in [6.45, 7) is 1.96. The number of hydrogen-bond donors (Lipinski definition) is 0. The Balaban J connectivity index is 1.97. The van der Waals surface area contributed by atoms with E-state index in [4.69, 9.17) is 4.42 Å². The predicted octanol–water partition coefficient (Wildman–Crippen LogP) is 2.96. The van der Waals surface area contributed by atoms with E-state index in [0.717, 1.165) is 13.1 Å². The minimum atomic E-state index is -0.272. The Hall–Kier alpha value is -1.58. The van der Waals surface area contributed by atoms with Gasteiger partial charge in [0.05, 0.1) is 0 Å². The molecule has 16 heavy (non-hydrogen) atoms. The van der Waals surface area contributed by atoms with Crippen LogP contribution in [-0.2, 0) is 0 Å². The van der Waals surface area contributed by atoms with Crippen LogP contribution < -0.4 is 4.90 Å². The highest BCUT2D eigenvalue weighted by molar-refractivity contribution is 5.74. The number of benzene rings is 1. The lowest BCUT2D eigenvalue weighted by atomic mass is 10.1. The number of nitrogens with zero attached hydrogens (tertiary/aromatic N) is 2. The molecule has 0 radical (unpaired) electrons. The standard InChI is InChI=1S/C12H13FN2O/c13-9-4-5-11-10(8-9)14-12(16-11)15-6-2-1-3-7-15/h4-5,8H,1-3,6-7H2. The third-order valence-electron chi connectivity index (χ3n) is 2.96. The SMILES string of the molecule is Fc1ccc2oc(N3CCCCC3)nc2c1. The first-order valence-corrected chi connectivity index (χ1v) is 5.64. The molecule has 0 unspecified atom stereocenters. The quantitative estimate of drug-likeness (QED) is 0.740. The van der Waals surface area contributed by atoms with Crippen LogP contribution in [-0.4, -0.2) is 18.1 Å². The lowest BCUT2D eigenvalue weighted by Gasteiger charge is -2.24. The first-order chi connectivity index (χ1) is 7.83. The van der Waals surface area contributed by atoms with Crippen molar-refractivity contribution in [1.82, 2.24) is 4.98 Å². The molecule has 0 N–H and O–H groups in total. The maximum atomic E-state index is 13.0. The van der Waals surface area contributed by atoms with E-state index in [1.54, 1.807) is 6.07 Å². The fourth-order valence-corrected chi connectivity index (χ4v) is 2.11. The molecule has 1 fully saturated rings. The van der Waals surface area contributed by atoms with Gasteiger partial charge in [0.2, 0.25) is 0 Å². The number of fused-ring (bicyclic) bond motifs is 1. The fraction of sp³-hybridized carbons (Fsp3) is 0.417. The van der Waals surface area contributed by atoms with Crippen molar-refractivity contribution in [3.8, 4) is 0 Å². The predicted molar refractivity (Wildman–Crippen MR) is 60.0 cm³/mol. The van der Waals surface area contributed by atoms with Crippen LogP contribution in [0.4, 0.5) is 10.4 Å². The zero-order valence-corrected chi connectivity index (χ0v) is 8.95. The van der Waals surface area contributed by atoms with Gasteiger partial charge in [-0.05, 0) is 31.4 Å². The molecule has 0 saturated carbocycles. The van der Waals surface area contributed by atoms with Gasteiger partial charge in [-0.1, -0.05) is 0 Å². The van der Waals surface area contributed by atoms with Crippen molar-refractivity contribution in [2.75, 3.05) is 18.0 Å². The Morgan fingerprint density at radius 1 is 1.19 bits per heavy atom. The molecule has 2 aromatic rings. The van der Waals surface area contributed by atoms with E-state index < -0.39 is 0 Å². The summed E-state index contributed by atoms with van der Waals surface area (Å²) in [6.07, 6.45) is 3.62. The second-order valence-electron chi connectivity index (χ2n) is 4.16. The summed E-state index contributed by atoms with van der Waals surface area (Å²) < 4.78 is 18.6. The molecule has 84 valence electrons. The Morgan fingerprint density at radius 3 is 2.81 bits per heavy atom. The molecule has 0 atom stereocenters. The monoisotopic (exact) mass is 220 g/mol. The van der Waals surface area contributed by atoms with Crippen molar-refractivity contribution >= 4 is 17.1 Å². The molecule has 3 nitrogen and oxygen atoms in total. The smallest absolute Gasteiger partial charge is 0.298 e. The second-order valence-corrected chi connectivity index (χ2v) is 4.16. The van der Waals surface area contributed by atoms with E-state index in [0.29, 0.717) is 17.1 Å². The average molecular weight is 220 g/mol. The Morgan fingerprint density at radius 2 is 2.00 bits per heavy atom. The Kier molecular flexibility index (Phi) is 2.27. The van der Waals surface area contributed by atoms with Gasteiger partial charge >= 0.3 is 0 Å². The van der Waals surface area contributed by atoms with Crippen molar-refractivity contribution < 1.29 is 8.81 Å². The lowest BCUT2D eigenvalue weighted by Crippen LogP contribution is -2.29. The molecule has 0 spiro atoms.